The van der Waals surface area contributed by atoms with E-state index in [1.54, 1.807) is 13.8 Å². The second-order valence-electron chi connectivity index (χ2n) is 4.96. The molecular weight excluding hydrogens is 298 g/mol. The number of ether oxygens (including phenoxy) is 2. The molecule has 1 rings (SSSR count). The van der Waals surface area contributed by atoms with Crippen LogP contribution in [0, 0.1) is 0 Å². The standard InChI is InChI=1S/C13H19NO6S/c1-13(2,20-4)8-14-21(17,18)11-7-9(12(15)16)5-6-10(11)19-3/h5-7,14H,8H2,1-4H3,(H,15,16). The van der Waals surface area contributed by atoms with Gasteiger partial charge in [-0.1, -0.05) is 0 Å². The normalized spacial score (nSPS) is 12.2. The Morgan fingerprint density at radius 3 is 2.43 bits per heavy atom. The van der Waals surface area contributed by atoms with Crippen molar-refractivity contribution in [1.29, 1.82) is 0 Å². The van der Waals surface area contributed by atoms with Crippen LogP contribution in [-0.4, -0.2) is 45.9 Å². The lowest BCUT2D eigenvalue weighted by Gasteiger charge is -2.23. The van der Waals surface area contributed by atoms with Gasteiger partial charge < -0.3 is 14.6 Å². The Kier molecular flexibility index (Phi) is 5.32. The van der Waals surface area contributed by atoms with Crippen molar-refractivity contribution in [2.24, 2.45) is 0 Å². The number of carboxylic acid groups (broad SMARTS) is 1. The van der Waals surface area contributed by atoms with Gasteiger partial charge in [-0.25, -0.2) is 17.9 Å². The minimum atomic E-state index is -3.92. The molecule has 0 atom stereocenters. The lowest BCUT2D eigenvalue weighted by molar-refractivity contribution is 0.0276. The molecule has 0 aliphatic heterocycles. The van der Waals surface area contributed by atoms with Gasteiger partial charge in [0.25, 0.3) is 0 Å². The van der Waals surface area contributed by atoms with E-state index in [9.17, 15) is 13.2 Å². The van der Waals surface area contributed by atoms with Crippen LogP contribution in [0.5, 0.6) is 5.75 Å². The largest absolute Gasteiger partial charge is 0.495 e. The van der Waals surface area contributed by atoms with E-state index >= 15 is 0 Å². The van der Waals surface area contributed by atoms with E-state index in [1.165, 1.54) is 26.4 Å². The number of carbonyl (C=O) groups is 1. The first-order valence-corrected chi connectivity index (χ1v) is 7.57. The SMILES string of the molecule is COc1ccc(C(=O)O)cc1S(=O)(=O)NCC(C)(C)OC. The van der Waals surface area contributed by atoms with Crippen molar-refractivity contribution in [2.45, 2.75) is 24.3 Å². The van der Waals surface area contributed by atoms with Crippen molar-refractivity contribution in [2.75, 3.05) is 20.8 Å². The molecular formula is C13H19NO6S. The quantitative estimate of drug-likeness (QED) is 0.780. The van der Waals surface area contributed by atoms with Crippen molar-refractivity contribution in [3.05, 3.63) is 23.8 Å². The summed E-state index contributed by atoms with van der Waals surface area (Å²) in [5.41, 5.74) is -0.827. The fourth-order valence-corrected chi connectivity index (χ4v) is 2.83. The van der Waals surface area contributed by atoms with Gasteiger partial charge in [0.15, 0.2) is 0 Å². The van der Waals surface area contributed by atoms with E-state index in [0.29, 0.717) is 0 Å². The lowest BCUT2D eigenvalue weighted by Crippen LogP contribution is -2.39. The summed E-state index contributed by atoms with van der Waals surface area (Å²) in [6.07, 6.45) is 0. The van der Waals surface area contributed by atoms with Crippen LogP contribution < -0.4 is 9.46 Å². The van der Waals surface area contributed by atoms with Gasteiger partial charge in [-0.3, -0.25) is 0 Å². The summed E-state index contributed by atoms with van der Waals surface area (Å²) in [6, 6.07) is 3.64. The fraction of sp³-hybridized carbons (Fsp3) is 0.462. The Hall–Kier alpha value is -1.64. The number of methoxy groups -OCH3 is 2. The number of sulfonamides is 1. The molecule has 8 heteroatoms. The predicted octanol–water partition coefficient (Wildman–Crippen LogP) is 1.10. The van der Waals surface area contributed by atoms with Crippen molar-refractivity contribution in [3.63, 3.8) is 0 Å². The molecule has 1 aromatic carbocycles. The molecule has 0 radical (unpaired) electrons. The highest BCUT2D eigenvalue weighted by Crippen LogP contribution is 2.25. The molecule has 118 valence electrons. The van der Waals surface area contributed by atoms with Gasteiger partial charge in [-0.2, -0.15) is 0 Å². The number of benzene rings is 1. The number of rotatable bonds is 7. The second-order valence-corrected chi connectivity index (χ2v) is 6.69. The third kappa shape index (κ3) is 4.42. The molecule has 2 N–H and O–H groups in total. The van der Waals surface area contributed by atoms with Crippen LogP contribution in [0.3, 0.4) is 0 Å². The van der Waals surface area contributed by atoms with Gasteiger partial charge in [-0.05, 0) is 32.0 Å². The van der Waals surface area contributed by atoms with Gasteiger partial charge in [-0.15, -0.1) is 0 Å². The molecule has 0 aromatic heterocycles. The molecule has 0 amide bonds. The zero-order valence-corrected chi connectivity index (χ0v) is 13.2. The van der Waals surface area contributed by atoms with Crippen LogP contribution in [0.15, 0.2) is 23.1 Å². The van der Waals surface area contributed by atoms with Crippen molar-refractivity contribution >= 4 is 16.0 Å². The molecule has 1 aromatic rings. The predicted molar refractivity (Wildman–Crippen MR) is 76.2 cm³/mol. The van der Waals surface area contributed by atoms with Crippen LogP contribution >= 0.6 is 0 Å². The highest BCUT2D eigenvalue weighted by Gasteiger charge is 2.25. The molecule has 21 heavy (non-hydrogen) atoms. The van der Waals surface area contributed by atoms with Crippen molar-refractivity contribution < 1.29 is 27.8 Å². The number of nitrogens with one attached hydrogen (secondary N) is 1. The maximum absolute atomic E-state index is 12.3. The molecule has 0 aliphatic carbocycles. The smallest absolute Gasteiger partial charge is 0.335 e. The van der Waals surface area contributed by atoms with Gasteiger partial charge in [0.1, 0.15) is 10.6 Å². The van der Waals surface area contributed by atoms with E-state index in [1.807, 2.05) is 0 Å². The van der Waals surface area contributed by atoms with Gasteiger partial charge >= 0.3 is 5.97 Å². The topological polar surface area (TPSA) is 102 Å². The zero-order chi connectivity index (χ0) is 16.3. The molecule has 0 bridgehead atoms. The third-order valence-corrected chi connectivity index (χ3v) is 4.36. The highest BCUT2D eigenvalue weighted by molar-refractivity contribution is 7.89. The molecule has 0 saturated heterocycles. The van der Waals surface area contributed by atoms with Crippen molar-refractivity contribution in [1.82, 2.24) is 4.72 Å². The first-order chi connectivity index (χ1) is 9.63. The van der Waals surface area contributed by atoms with Crippen LogP contribution in [0.1, 0.15) is 24.2 Å². The van der Waals surface area contributed by atoms with E-state index in [-0.39, 0.29) is 22.8 Å². The van der Waals surface area contributed by atoms with Crippen LogP contribution in [-0.2, 0) is 14.8 Å². The minimum absolute atomic E-state index is 0.0340. The second kappa shape index (κ2) is 6.42. The molecule has 0 aliphatic rings. The van der Waals surface area contributed by atoms with E-state index in [2.05, 4.69) is 4.72 Å². The lowest BCUT2D eigenvalue weighted by atomic mass is 10.1. The van der Waals surface area contributed by atoms with Crippen LogP contribution in [0.25, 0.3) is 0 Å². The zero-order valence-electron chi connectivity index (χ0n) is 12.3. The summed E-state index contributed by atoms with van der Waals surface area (Å²) in [5, 5.41) is 8.96. The minimum Gasteiger partial charge on any atom is -0.495 e. The van der Waals surface area contributed by atoms with E-state index in [0.717, 1.165) is 6.07 Å². The maximum atomic E-state index is 12.3. The molecule has 7 nitrogen and oxygen atoms in total. The first-order valence-electron chi connectivity index (χ1n) is 6.09. The average Bonchev–Trinajstić information content (AvgIpc) is 2.44. The Balaban J connectivity index is 3.17. The molecule has 0 fully saturated rings. The highest BCUT2D eigenvalue weighted by atomic mass is 32.2. The molecule has 0 unspecified atom stereocenters. The Bertz CT molecular complexity index is 624. The van der Waals surface area contributed by atoms with E-state index in [4.69, 9.17) is 14.6 Å². The Morgan fingerprint density at radius 2 is 1.95 bits per heavy atom. The fourth-order valence-electron chi connectivity index (χ4n) is 1.44. The van der Waals surface area contributed by atoms with Crippen LogP contribution in [0.4, 0.5) is 0 Å². The van der Waals surface area contributed by atoms with Crippen LogP contribution in [0.2, 0.25) is 0 Å². The maximum Gasteiger partial charge on any atom is 0.335 e. The van der Waals surface area contributed by atoms with Gasteiger partial charge in [0.2, 0.25) is 10.0 Å². The summed E-state index contributed by atoms with van der Waals surface area (Å²) in [7, 11) is -1.14. The third-order valence-electron chi connectivity index (χ3n) is 2.94. The first kappa shape index (κ1) is 17.4. The van der Waals surface area contributed by atoms with E-state index < -0.39 is 21.6 Å². The summed E-state index contributed by atoms with van der Waals surface area (Å²) >= 11 is 0. The monoisotopic (exact) mass is 317 g/mol. The average molecular weight is 317 g/mol. The number of aromatic carboxylic acids is 1. The Labute approximate surface area is 123 Å². The number of carboxylic acids is 1. The van der Waals surface area contributed by atoms with Gasteiger partial charge in [0, 0.05) is 13.7 Å². The summed E-state index contributed by atoms with van der Waals surface area (Å²) < 4.78 is 37.1. The molecule has 0 saturated carbocycles. The number of hydrogen-bond acceptors (Lipinski definition) is 5. The molecule has 0 spiro atoms. The van der Waals surface area contributed by atoms with Crippen molar-refractivity contribution in [3.8, 4) is 5.75 Å². The summed E-state index contributed by atoms with van der Waals surface area (Å²) in [4.78, 5) is 10.7. The Morgan fingerprint density at radius 1 is 1.33 bits per heavy atom. The summed E-state index contributed by atoms with van der Waals surface area (Å²) in [6.45, 7) is 3.48. The molecule has 0 heterocycles. The van der Waals surface area contributed by atoms with Gasteiger partial charge in [0.05, 0.1) is 18.3 Å². The summed E-state index contributed by atoms with van der Waals surface area (Å²) in [5.74, 6) is -1.14. The number of hydrogen-bond donors (Lipinski definition) is 2.